The maximum atomic E-state index is 13.2. The molecule has 2 heteroatoms. The van der Waals surface area contributed by atoms with E-state index in [1.165, 1.54) is 5.57 Å². The van der Waals surface area contributed by atoms with Crippen LogP contribution in [0.3, 0.4) is 0 Å². The molecule has 112 valence electrons. The van der Waals surface area contributed by atoms with Crippen molar-refractivity contribution in [1.29, 1.82) is 5.26 Å². The summed E-state index contributed by atoms with van der Waals surface area (Å²) in [6, 6.07) is 18.2. The zero-order valence-electron chi connectivity index (χ0n) is 13.1. The molecule has 0 heterocycles. The fourth-order valence-electron chi connectivity index (χ4n) is 4.10. The summed E-state index contributed by atoms with van der Waals surface area (Å²) in [5.41, 5.74) is 5.00. The molecule has 23 heavy (non-hydrogen) atoms. The first-order valence-electron chi connectivity index (χ1n) is 8.10. The molecule has 4 rings (SSSR count). The molecule has 0 bridgehead atoms. The van der Waals surface area contributed by atoms with Crippen molar-refractivity contribution in [3.05, 3.63) is 70.8 Å². The molecule has 0 saturated heterocycles. The average molecular weight is 299 g/mol. The molecule has 0 saturated carbocycles. The smallest absolute Gasteiger partial charge is 0.188 e. The largest absolute Gasteiger partial charge is 0.292 e. The van der Waals surface area contributed by atoms with Crippen molar-refractivity contribution in [3.63, 3.8) is 0 Å². The molecule has 0 aliphatic heterocycles. The number of carbonyl (C=O) groups excluding carboxylic acids is 1. The lowest BCUT2D eigenvalue weighted by molar-refractivity contribution is 0.0909. The third-order valence-corrected chi connectivity index (χ3v) is 5.05. The molecule has 0 N–H and O–H groups in total. The van der Waals surface area contributed by atoms with E-state index < -0.39 is 5.41 Å². The summed E-state index contributed by atoms with van der Waals surface area (Å²) in [6.07, 6.45) is 2.37. The molecule has 1 atom stereocenters. The standard InChI is InChI=1S/C21H17NO/c1-2-7-17-16-10-5-6-11-18(16)20(23)21(13-22)12-14-8-3-4-9-15(14)19(17)21/h3-6,8-11H,2,7,12H2,1H3. The summed E-state index contributed by atoms with van der Waals surface area (Å²) in [5.74, 6) is -0.0401. The van der Waals surface area contributed by atoms with Crippen LogP contribution in [0.5, 0.6) is 0 Å². The fraction of sp³-hybridized carbons (Fsp3) is 0.238. The minimum atomic E-state index is -1.04. The van der Waals surface area contributed by atoms with Gasteiger partial charge in [-0.15, -0.1) is 0 Å². The molecule has 2 aliphatic carbocycles. The lowest BCUT2D eigenvalue weighted by atomic mass is 9.67. The van der Waals surface area contributed by atoms with Gasteiger partial charge in [-0.3, -0.25) is 4.79 Å². The summed E-state index contributed by atoms with van der Waals surface area (Å²) >= 11 is 0. The van der Waals surface area contributed by atoms with E-state index in [4.69, 9.17) is 0 Å². The van der Waals surface area contributed by atoms with Gasteiger partial charge in [0.2, 0.25) is 0 Å². The Morgan fingerprint density at radius 1 is 1.04 bits per heavy atom. The Kier molecular flexibility index (Phi) is 2.99. The Balaban J connectivity index is 2.13. The van der Waals surface area contributed by atoms with Gasteiger partial charge < -0.3 is 0 Å². The Bertz CT molecular complexity index is 900. The molecule has 0 fully saturated rings. The van der Waals surface area contributed by atoms with Crippen LogP contribution in [-0.4, -0.2) is 5.78 Å². The fourth-order valence-corrected chi connectivity index (χ4v) is 4.10. The molecule has 1 unspecified atom stereocenters. The van der Waals surface area contributed by atoms with Gasteiger partial charge in [0.15, 0.2) is 5.78 Å². The maximum absolute atomic E-state index is 13.2. The van der Waals surface area contributed by atoms with E-state index in [2.05, 4.69) is 19.1 Å². The predicted octanol–water partition coefficient (Wildman–Crippen LogP) is 4.66. The zero-order chi connectivity index (χ0) is 16.0. The topological polar surface area (TPSA) is 40.9 Å². The van der Waals surface area contributed by atoms with Gasteiger partial charge in [-0.25, -0.2) is 0 Å². The summed E-state index contributed by atoms with van der Waals surface area (Å²) in [4.78, 5) is 13.2. The molecule has 2 nitrogen and oxygen atoms in total. The number of carbonyl (C=O) groups is 1. The van der Waals surface area contributed by atoms with E-state index in [0.29, 0.717) is 12.0 Å². The molecule has 2 aliphatic rings. The van der Waals surface area contributed by atoms with E-state index in [1.807, 2.05) is 42.5 Å². The summed E-state index contributed by atoms with van der Waals surface area (Å²) in [7, 11) is 0. The maximum Gasteiger partial charge on any atom is 0.188 e. The number of Topliss-reactive ketones (excluding diaryl/α,β-unsaturated/α-hetero) is 1. The van der Waals surface area contributed by atoms with Gasteiger partial charge in [0.1, 0.15) is 5.41 Å². The van der Waals surface area contributed by atoms with Crippen LogP contribution in [0, 0.1) is 16.7 Å². The first kappa shape index (κ1) is 14.0. The van der Waals surface area contributed by atoms with E-state index in [0.717, 1.165) is 35.1 Å². The second kappa shape index (κ2) is 4.93. The number of nitriles is 1. The number of ketones is 1. The van der Waals surface area contributed by atoms with Crippen molar-refractivity contribution < 1.29 is 4.79 Å². The lowest BCUT2D eigenvalue weighted by Gasteiger charge is -2.31. The highest BCUT2D eigenvalue weighted by Crippen LogP contribution is 2.55. The normalized spacial score (nSPS) is 21.5. The van der Waals surface area contributed by atoms with Crippen molar-refractivity contribution in [1.82, 2.24) is 0 Å². The number of nitrogens with zero attached hydrogens (tertiary/aromatic N) is 1. The van der Waals surface area contributed by atoms with Crippen LogP contribution in [0.4, 0.5) is 0 Å². The highest BCUT2D eigenvalue weighted by molar-refractivity contribution is 6.22. The van der Waals surface area contributed by atoms with Crippen molar-refractivity contribution in [3.8, 4) is 6.07 Å². The van der Waals surface area contributed by atoms with Crippen LogP contribution >= 0.6 is 0 Å². The van der Waals surface area contributed by atoms with E-state index in [1.54, 1.807) is 0 Å². The van der Waals surface area contributed by atoms with Gasteiger partial charge in [0, 0.05) is 12.0 Å². The molecule has 0 spiro atoms. The van der Waals surface area contributed by atoms with E-state index in [9.17, 15) is 10.1 Å². The number of allylic oxidation sites excluding steroid dienone is 2. The first-order valence-corrected chi connectivity index (χ1v) is 8.10. The van der Waals surface area contributed by atoms with Crippen molar-refractivity contribution in [2.45, 2.75) is 26.2 Å². The Hall–Kier alpha value is -2.66. The van der Waals surface area contributed by atoms with Gasteiger partial charge >= 0.3 is 0 Å². The van der Waals surface area contributed by atoms with Gasteiger partial charge in [0.05, 0.1) is 6.07 Å². The number of hydrogen-bond donors (Lipinski definition) is 0. The van der Waals surface area contributed by atoms with Crippen LogP contribution < -0.4 is 0 Å². The highest BCUT2D eigenvalue weighted by Gasteiger charge is 2.52. The van der Waals surface area contributed by atoms with Crippen LogP contribution in [0.15, 0.2) is 48.5 Å². The minimum Gasteiger partial charge on any atom is -0.292 e. The predicted molar refractivity (Wildman–Crippen MR) is 90.7 cm³/mol. The lowest BCUT2D eigenvalue weighted by Crippen LogP contribution is -2.34. The van der Waals surface area contributed by atoms with Gasteiger partial charge in [0.25, 0.3) is 0 Å². The average Bonchev–Trinajstić information content (AvgIpc) is 2.94. The van der Waals surface area contributed by atoms with E-state index >= 15 is 0 Å². The molecular formula is C21H17NO. The minimum absolute atomic E-state index is 0.0401. The van der Waals surface area contributed by atoms with Crippen molar-refractivity contribution in [2.75, 3.05) is 0 Å². The monoisotopic (exact) mass is 299 g/mol. The summed E-state index contributed by atoms with van der Waals surface area (Å²) in [6.45, 7) is 2.14. The second-order valence-corrected chi connectivity index (χ2v) is 6.33. The number of fused-ring (bicyclic) bond motifs is 4. The van der Waals surface area contributed by atoms with Crippen LogP contribution in [0.25, 0.3) is 11.1 Å². The molecule has 0 amide bonds. The molecular weight excluding hydrogens is 282 g/mol. The van der Waals surface area contributed by atoms with Crippen molar-refractivity contribution >= 4 is 16.9 Å². The third-order valence-electron chi connectivity index (χ3n) is 5.05. The quantitative estimate of drug-likeness (QED) is 0.809. The highest BCUT2D eigenvalue weighted by atomic mass is 16.1. The number of benzene rings is 2. The zero-order valence-corrected chi connectivity index (χ0v) is 13.1. The first-order chi connectivity index (χ1) is 11.2. The molecule has 2 aromatic carbocycles. The van der Waals surface area contributed by atoms with Crippen LogP contribution in [-0.2, 0) is 6.42 Å². The van der Waals surface area contributed by atoms with Crippen molar-refractivity contribution in [2.24, 2.45) is 5.41 Å². The second-order valence-electron chi connectivity index (χ2n) is 6.33. The third kappa shape index (κ3) is 1.71. The van der Waals surface area contributed by atoms with Gasteiger partial charge in [-0.05, 0) is 34.3 Å². The SMILES string of the molecule is CCCC1=C2c3ccccc3CC2(C#N)C(=O)c2ccccc21. The molecule has 0 aromatic heterocycles. The van der Waals surface area contributed by atoms with Crippen LogP contribution in [0.2, 0.25) is 0 Å². The Labute approximate surface area is 136 Å². The van der Waals surface area contributed by atoms with Gasteiger partial charge in [-0.2, -0.15) is 5.26 Å². The van der Waals surface area contributed by atoms with Gasteiger partial charge in [-0.1, -0.05) is 61.9 Å². The summed E-state index contributed by atoms with van der Waals surface area (Å²) < 4.78 is 0. The number of hydrogen-bond acceptors (Lipinski definition) is 2. The Morgan fingerprint density at radius 3 is 2.39 bits per heavy atom. The van der Waals surface area contributed by atoms with Crippen LogP contribution in [0.1, 0.15) is 46.8 Å². The molecule has 2 aromatic rings. The Morgan fingerprint density at radius 2 is 1.70 bits per heavy atom. The number of rotatable bonds is 2. The summed E-state index contributed by atoms with van der Waals surface area (Å²) in [5, 5.41) is 10.0. The molecule has 0 radical (unpaired) electrons. The van der Waals surface area contributed by atoms with E-state index in [-0.39, 0.29) is 5.78 Å².